The monoisotopic (exact) mass is 342 g/mol. The lowest BCUT2D eigenvalue weighted by Crippen LogP contribution is -2.19. The van der Waals surface area contributed by atoms with Crippen LogP contribution in [0.3, 0.4) is 0 Å². The topological polar surface area (TPSA) is 73.0 Å². The van der Waals surface area contributed by atoms with E-state index in [0.717, 1.165) is 23.5 Å². The number of rotatable bonds is 3. The van der Waals surface area contributed by atoms with Crippen molar-refractivity contribution in [3.63, 3.8) is 0 Å². The molecule has 0 saturated carbocycles. The molecule has 1 aliphatic heterocycles. The van der Waals surface area contributed by atoms with Gasteiger partial charge in [0.05, 0.1) is 5.25 Å². The standard InChI is InChI=1S/C8H10O2S3.C6H8N2/c9-13(10,7-3-5-11-6-7)8-2-1-4-12-8;7-5-6-1-3-8-4-2-6/h1-2,4,7H,3,5-6H2;1-4H,5,7H2. The first-order valence-corrected chi connectivity index (χ1v) is 10.2. The molecule has 3 rings (SSSR count). The van der Waals surface area contributed by atoms with Gasteiger partial charge < -0.3 is 5.73 Å². The normalized spacial score (nSPS) is 18.0. The van der Waals surface area contributed by atoms with Gasteiger partial charge in [-0.25, -0.2) is 8.42 Å². The van der Waals surface area contributed by atoms with Crippen molar-refractivity contribution in [2.24, 2.45) is 5.73 Å². The molecule has 1 fully saturated rings. The average Bonchev–Trinajstić information content (AvgIpc) is 3.22. The first kappa shape index (κ1) is 16.5. The van der Waals surface area contributed by atoms with Crippen LogP contribution in [0, 0.1) is 0 Å². The summed E-state index contributed by atoms with van der Waals surface area (Å²) in [6, 6.07) is 7.29. The van der Waals surface area contributed by atoms with Gasteiger partial charge in [0.1, 0.15) is 4.21 Å². The highest BCUT2D eigenvalue weighted by atomic mass is 32.2. The summed E-state index contributed by atoms with van der Waals surface area (Å²) in [6.07, 6.45) is 4.29. The van der Waals surface area contributed by atoms with Gasteiger partial charge in [0, 0.05) is 24.7 Å². The third kappa shape index (κ3) is 4.54. The van der Waals surface area contributed by atoms with Gasteiger partial charge in [-0.05, 0) is 41.3 Å². The van der Waals surface area contributed by atoms with Crippen LogP contribution in [0.1, 0.15) is 12.0 Å². The molecule has 2 N–H and O–H groups in total. The molecule has 7 heteroatoms. The minimum absolute atomic E-state index is 0.142. The second-order valence-corrected chi connectivity index (χ2v) is 9.07. The van der Waals surface area contributed by atoms with Gasteiger partial charge in [-0.15, -0.1) is 11.3 Å². The van der Waals surface area contributed by atoms with Gasteiger partial charge in [0.25, 0.3) is 0 Å². The maximum absolute atomic E-state index is 11.9. The van der Waals surface area contributed by atoms with E-state index in [0.29, 0.717) is 10.8 Å². The number of hydrogen-bond donors (Lipinski definition) is 1. The van der Waals surface area contributed by atoms with Crippen molar-refractivity contribution in [3.8, 4) is 0 Å². The van der Waals surface area contributed by atoms with E-state index in [1.165, 1.54) is 11.3 Å². The molecule has 2 aromatic rings. The van der Waals surface area contributed by atoms with Gasteiger partial charge in [-0.1, -0.05) is 6.07 Å². The molecule has 1 saturated heterocycles. The van der Waals surface area contributed by atoms with Crippen LogP contribution in [0.5, 0.6) is 0 Å². The van der Waals surface area contributed by atoms with Gasteiger partial charge in [0.2, 0.25) is 0 Å². The molecule has 1 atom stereocenters. The van der Waals surface area contributed by atoms with Crippen LogP contribution in [0.4, 0.5) is 0 Å². The molecule has 1 unspecified atom stereocenters. The Balaban J connectivity index is 0.000000173. The minimum Gasteiger partial charge on any atom is -0.326 e. The van der Waals surface area contributed by atoms with Crippen molar-refractivity contribution in [1.29, 1.82) is 0 Å². The van der Waals surface area contributed by atoms with Crippen LogP contribution >= 0.6 is 23.1 Å². The second kappa shape index (κ2) is 7.93. The van der Waals surface area contributed by atoms with Gasteiger partial charge in [-0.2, -0.15) is 11.8 Å². The molecule has 21 heavy (non-hydrogen) atoms. The zero-order chi connectivity index (χ0) is 15.1. The zero-order valence-corrected chi connectivity index (χ0v) is 14.0. The van der Waals surface area contributed by atoms with Gasteiger partial charge in [-0.3, -0.25) is 4.98 Å². The van der Waals surface area contributed by atoms with E-state index in [1.54, 1.807) is 36.3 Å². The van der Waals surface area contributed by atoms with Crippen LogP contribution in [-0.2, 0) is 16.4 Å². The number of hydrogen-bond acceptors (Lipinski definition) is 6. The summed E-state index contributed by atoms with van der Waals surface area (Å²) in [7, 11) is -3.00. The largest absolute Gasteiger partial charge is 0.326 e. The highest BCUT2D eigenvalue weighted by molar-refractivity contribution is 8.01. The van der Waals surface area contributed by atoms with Crippen LogP contribution in [-0.4, -0.2) is 30.2 Å². The summed E-state index contributed by atoms with van der Waals surface area (Å²) < 4.78 is 24.3. The molecule has 2 aromatic heterocycles. The lowest BCUT2D eigenvalue weighted by Gasteiger charge is -2.07. The van der Waals surface area contributed by atoms with Crippen molar-refractivity contribution in [1.82, 2.24) is 4.98 Å². The Bertz CT molecular complexity index is 622. The van der Waals surface area contributed by atoms with Crippen LogP contribution in [0.25, 0.3) is 0 Å². The molecule has 0 aromatic carbocycles. The van der Waals surface area contributed by atoms with E-state index in [4.69, 9.17) is 5.73 Å². The van der Waals surface area contributed by atoms with Crippen molar-refractivity contribution >= 4 is 32.9 Å². The van der Waals surface area contributed by atoms with Gasteiger partial charge in [0.15, 0.2) is 9.84 Å². The Morgan fingerprint density at radius 3 is 2.52 bits per heavy atom. The Kier molecular flexibility index (Phi) is 6.22. The predicted octanol–water partition coefficient (Wildman–Crippen LogP) is 2.57. The number of thiophene rings is 1. The summed E-state index contributed by atoms with van der Waals surface area (Å²) in [5.41, 5.74) is 6.45. The van der Waals surface area contributed by atoms with Crippen molar-refractivity contribution in [2.45, 2.75) is 22.4 Å². The number of nitrogens with zero attached hydrogens (tertiary/aromatic N) is 1. The average molecular weight is 343 g/mol. The number of nitrogens with two attached hydrogens (primary N) is 1. The fraction of sp³-hybridized carbons (Fsp3) is 0.357. The first-order chi connectivity index (χ1) is 10.1. The van der Waals surface area contributed by atoms with Crippen molar-refractivity contribution in [3.05, 3.63) is 47.6 Å². The molecule has 1 aliphatic rings. The van der Waals surface area contributed by atoms with E-state index in [2.05, 4.69) is 4.98 Å². The lowest BCUT2D eigenvalue weighted by molar-refractivity contribution is 0.586. The highest BCUT2D eigenvalue weighted by Gasteiger charge is 2.31. The molecule has 0 spiro atoms. The van der Waals surface area contributed by atoms with Crippen LogP contribution < -0.4 is 5.73 Å². The second-order valence-electron chi connectivity index (χ2n) is 4.52. The SMILES string of the molecule is NCc1ccncc1.O=S(=O)(c1cccs1)C1CCSC1. The van der Waals surface area contributed by atoms with E-state index >= 15 is 0 Å². The third-order valence-electron chi connectivity index (χ3n) is 3.09. The Hall–Kier alpha value is -0.890. The minimum atomic E-state index is -3.00. The number of thioether (sulfide) groups is 1. The maximum atomic E-state index is 11.9. The molecule has 0 bridgehead atoms. The Morgan fingerprint density at radius 1 is 1.29 bits per heavy atom. The quantitative estimate of drug-likeness (QED) is 0.928. The van der Waals surface area contributed by atoms with Crippen molar-refractivity contribution < 1.29 is 8.42 Å². The smallest absolute Gasteiger partial charge is 0.191 e. The molecule has 3 heterocycles. The fourth-order valence-electron chi connectivity index (χ4n) is 1.87. The molecule has 4 nitrogen and oxygen atoms in total. The van der Waals surface area contributed by atoms with Crippen LogP contribution in [0.2, 0.25) is 0 Å². The summed E-state index contributed by atoms with van der Waals surface area (Å²) in [5, 5.41) is 1.67. The molecular formula is C14H18N2O2S3. The van der Waals surface area contributed by atoms with E-state index in [1.807, 2.05) is 17.5 Å². The molecule has 114 valence electrons. The third-order valence-corrected chi connectivity index (χ3v) is 8.08. The highest BCUT2D eigenvalue weighted by Crippen LogP contribution is 2.30. The summed E-state index contributed by atoms with van der Waals surface area (Å²) in [6.45, 7) is 0.600. The first-order valence-electron chi connectivity index (χ1n) is 6.58. The fourth-order valence-corrected chi connectivity index (χ4v) is 6.65. The number of aromatic nitrogens is 1. The summed E-state index contributed by atoms with van der Waals surface area (Å²) in [4.78, 5) is 3.84. The number of sulfone groups is 1. The van der Waals surface area contributed by atoms with Crippen LogP contribution in [0.15, 0.2) is 46.2 Å². The van der Waals surface area contributed by atoms with Crippen molar-refractivity contribution in [2.75, 3.05) is 11.5 Å². The number of pyridine rings is 1. The van der Waals surface area contributed by atoms with Gasteiger partial charge >= 0.3 is 0 Å². The Labute approximate surface area is 133 Å². The lowest BCUT2D eigenvalue weighted by atomic mass is 10.3. The molecule has 0 radical (unpaired) electrons. The maximum Gasteiger partial charge on any atom is 0.191 e. The molecular weight excluding hydrogens is 324 g/mol. The predicted molar refractivity (Wildman–Crippen MR) is 89.4 cm³/mol. The van der Waals surface area contributed by atoms with E-state index in [-0.39, 0.29) is 5.25 Å². The molecule has 0 amide bonds. The zero-order valence-electron chi connectivity index (χ0n) is 11.5. The summed E-state index contributed by atoms with van der Waals surface area (Å²) >= 11 is 3.05. The van der Waals surface area contributed by atoms with E-state index < -0.39 is 9.84 Å². The van der Waals surface area contributed by atoms with E-state index in [9.17, 15) is 8.42 Å². The molecule has 0 aliphatic carbocycles. The Morgan fingerprint density at radius 2 is 2.05 bits per heavy atom. The summed E-state index contributed by atoms with van der Waals surface area (Å²) in [5.74, 6) is 1.75.